The zero-order chi connectivity index (χ0) is 17.6. The predicted molar refractivity (Wildman–Crippen MR) is 94.0 cm³/mol. The average Bonchev–Trinajstić information content (AvgIpc) is 2.68. The van der Waals surface area contributed by atoms with Gasteiger partial charge in [0.25, 0.3) is 0 Å². The second-order valence-electron chi connectivity index (χ2n) is 6.88. The van der Waals surface area contributed by atoms with Crippen LogP contribution in [0.4, 0.5) is 4.79 Å². The van der Waals surface area contributed by atoms with E-state index in [4.69, 9.17) is 0 Å². The molecule has 1 N–H and O–H groups in total. The van der Waals surface area contributed by atoms with Crippen molar-refractivity contribution in [3.8, 4) is 0 Å². The zero-order valence-corrected chi connectivity index (χ0v) is 14.9. The molecule has 2 fully saturated rings. The van der Waals surface area contributed by atoms with Gasteiger partial charge in [-0.2, -0.15) is 0 Å². The summed E-state index contributed by atoms with van der Waals surface area (Å²) in [6.45, 7) is 4.86. The Morgan fingerprint density at radius 1 is 1.20 bits per heavy atom. The van der Waals surface area contributed by atoms with Crippen LogP contribution in [0.5, 0.6) is 0 Å². The molecule has 0 aliphatic carbocycles. The number of aromatic nitrogens is 2. The third-order valence-corrected chi connectivity index (χ3v) is 5.21. The van der Waals surface area contributed by atoms with Crippen molar-refractivity contribution >= 4 is 11.9 Å². The lowest BCUT2D eigenvalue weighted by molar-refractivity contribution is -0.131. The van der Waals surface area contributed by atoms with Gasteiger partial charge in [0.05, 0.1) is 0 Å². The normalized spacial score (nSPS) is 21.9. The maximum absolute atomic E-state index is 12.6. The van der Waals surface area contributed by atoms with Crippen LogP contribution in [0.2, 0.25) is 0 Å². The van der Waals surface area contributed by atoms with Crippen LogP contribution < -0.4 is 5.32 Å². The fourth-order valence-corrected chi connectivity index (χ4v) is 3.71. The first-order valence-electron chi connectivity index (χ1n) is 9.26. The topological polar surface area (TPSA) is 78.4 Å². The van der Waals surface area contributed by atoms with E-state index in [0.29, 0.717) is 13.0 Å². The minimum Gasteiger partial charge on any atom is -0.343 e. The average molecular weight is 345 g/mol. The highest BCUT2D eigenvalue weighted by atomic mass is 16.2. The number of nitrogens with zero attached hydrogens (tertiary/aromatic N) is 4. The van der Waals surface area contributed by atoms with Crippen molar-refractivity contribution in [2.45, 2.75) is 51.0 Å². The molecular weight excluding hydrogens is 318 g/mol. The van der Waals surface area contributed by atoms with Crippen molar-refractivity contribution in [2.75, 3.05) is 26.2 Å². The Kier molecular flexibility index (Phi) is 5.83. The maximum Gasteiger partial charge on any atom is 0.317 e. The number of piperidine rings is 2. The number of rotatable bonds is 3. The lowest BCUT2D eigenvalue weighted by Gasteiger charge is -2.36. The number of hydrogen-bond donors (Lipinski definition) is 1. The Balaban J connectivity index is 1.49. The van der Waals surface area contributed by atoms with Crippen molar-refractivity contribution in [3.63, 3.8) is 0 Å². The summed E-state index contributed by atoms with van der Waals surface area (Å²) in [5.41, 5.74) is 1.01. The number of nitrogens with one attached hydrogen (secondary N) is 1. The summed E-state index contributed by atoms with van der Waals surface area (Å²) in [4.78, 5) is 36.5. The van der Waals surface area contributed by atoms with Gasteiger partial charge in [-0.15, -0.1) is 0 Å². The second kappa shape index (κ2) is 8.27. The van der Waals surface area contributed by atoms with E-state index in [1.54, 1.807) is 12.5 Å². The molecule has 0 saturated carbocycles. The summed E-state index contributed by atoms with van der Waals surface area (Å²) in [6, 6.07) is 2.11. The number of carbonyl (C=O) groups excluding carboxylic acids is 2. The molecule has 25 heavy (non-hydrogen) atoms. The van der Waals surface area contributed by atoms with Gasteiger partial charge in [-0.05, 0) is 31.7 Å². The van der Waals surface area contributed by atoms with E-state index >= 15 is 0 Å². The smallest absolute Gasteiger partial charge is 0.317 e. The molecule has 3 heterocycles. The maximum atomic E-state index is 12.6. The number of hydrogen-bond acceptors (Lipinski definition) is 4. The Labute approximate surface area is 148 Å². The van der Waals surface area contributed by atoms with Gasteiger partial charge in [0.2, 0.25) is 5.91 Å². The van der Waals surface area contributed by atoms with Gasteiger partial charge in [-0.3, -0.25) is 4.79 Å². The van der Waals surface area contributed by atoms with Crippen molar-refractivity contribution < 1.29 is 9.59 Å². The second-order valence-corrected chi connectivity index (χ2v) is 6.88. The highest BCUT2D eigenvalue weighted by Crippen LogP contribution is 2.25. The number of urea groups is 1. The van der Waals surface area contributed by atoms with Gasteiger partial charge >= 0.3 is 6.03 Å². The minimum absolute atomic E-state index is 0.0130. The molecule has 0 aromatic carbocycles. The highest BCUT2D eigenvalue weighted by Gasteiger charge is 2.28. The molecule has 136 valence electrons. The summed E-state index contributed by atoms with van der Waals surface area (Å²) in [5, 5.41) is 3.15. The minimum atomic E-state index is 0.0130. The first-order valence-corrected chi connectivity index (χ1v) is 9.26. The van der Waals surface area contributed by atoms with E-state index in [-0.39, 0.29) is 23.9 Å². The molecule has 1 aromatic rings. The van der Waals surface area contributed by atoms with Gasteiger partial charge in [0.15, 0.2) is 0 Å². The molecule has 2 aliphatic rings. The molecule has 0 unspecified atom stereocenters. The van der Waals surface area contributed by atoms with E-state index in [2.05, 4.69) is 15.3 Å². The van der Waals surface area contributed by atoms with Crippen molar-refractivity contribution in [1.29, 1.82) is 0 Å². The quantitative estimate of drug-likeness (QED) is 0.905. The number of amides is 3. The molecule has 7 heteroatoms. The third kappa shape index (κ3) is 4.46. The van der Waals surface area contributed by atoms with E-state index in [0.717, 1.165) is 51.0 Å². The van der Waals surface area contributed by atoms with Crippen LogP contribution in [-0.2, 0) is 4.79 Å². The molecule has 1 aromatic heterocycles. The lowest BCUT2D eigenvalue weighted by Crippen LogP contribution is -2.51. The highest BCUT2D eigenvalue weighted by molar-refractivity contribution is 5.76. The van der Waals surface area contributed by atoms with Crippen LogP contribution in [0, 0.1) is 0 Å². The van der Waals surface area contributed by atoms with Crippen molar-refractivity contribution in [1.82, 2.24) is 25.1 Å². The van der Waals surface area contributed by atoms with Crippen LogP contribution in [0.15, 0.2) is 18.6 Å². The summed E-state index contributed by atoms with van der Waals surface area (Å²) >= 11 is 0. The Bertz CT molecular complexity index is 586. The monoisotopic (exact) mass is 345 g/mol. The molecule has 0 spiro atoms. The third-order valence-electron chi connectivity index (χ3n) is 5.21. The largest absolute Gasteiger partial charge is 0.343 e. The van der Waals surface area contributed by atoms with Gasteiger partial charge in [-0.1, -0.05) is 6.92 Å². The first-order chi connectivity index (χ1) is 12.2. The number of likely N-dealkylation sites (tertiary alicyclic amines) is 2. The predicted octanol–water partition coefficient (Wildman–Crippen LogP) is 1.77. The zero-order valence-electron chi connectivity index (χ0n) is 14.9. The summed E-state index contributed by atoms with van der Waals surface area (Å²) in [5.74, 6) is 0.486. The SMILES string of the molecule is CCC(=O)N1CCC(NC(=O)N2CCC[C@H](c3ccncn3)C2)CC1. The van der Waals surface area contributed by atoms with E-state index < -0.39 is 0 Å². The van der Waals surface area contributed by atoms with E-state index in [9.17, 15) is 9.59 Å². The van der Waals surface area contributed by atoms with E-state index in [1.165, 1.54) is 0 Å². The summed E-state index contributed by atoms with van der Waals surface area (Å²) in [7, 11) is 0. The van der Waals surface area contributed by atoms with Crippen LogP contribution >= 0.6 is 0 Å². The fraction of sp³-hybridized carbons (Fsp3) is 0.667. The van der Waals surface area contributed by atoms with Crippen molar-refractivity contribution in [3.05, 3.63) is 24.3 Å². The fourth-order valence-electron chi connectivity index (χ4n) is 3.71. The standard InChI is InChI=1S/C18H27N5O2/c1-2-17(24)22-10-6-15(7-11-22)21-18(25)23-9-3-4-14(12-23)16-5-8-19-13-20-16/h5,8,13-15H,2-4,6-7,9-12H2,1H3,(H,21,25)/t14-/m0/s1. The molecule has 0 radical (unpaired) electrons. The lowest BCUT2D eigenvalue weighted by atomic mass is 9.95. The summed E-state index contributed by atoms with van der Waals surface area (Å²) < 4.78 is 0. The van der Waals surface area contributed by atoms with Gasteiger partial charge in [-0.25, -0.2) is 14.8 Å². The first kappa shape index (κ1) is 17.6. The molecule has 0 bridgehead atoms. The molecule has 7 nitrogen and oxygen atoms in total. The molecular formula is C18H27N5O2. The molecule has 1 atom stereocenters. The Morgan fingerprint density at radius 3 is 2.68 bits per heavy atom. The van der Waals surface area contributed by atoms with Crippen LogP contribution in [-0.4, -0.2) is 63.9 Å². The van der Waals surface area contributed by atoms with E-state index in [1.807, 2.05) is 22.8 Å². The molecule has 2 saturated heterocycles. The van der Waals surface area contributed by atoms with Crippen LogP contribution in [0.25, 0.3) is 0 Å². The van der Waals surface area contributed by atoms with Crippen LogP contribution in [0.1, 0.15) is 50.6 Å². The van der Waals surface area contributed by atoms with Gasteiger partial charge < -0.3 is 15.1 Å². The Morgan fingerprint density at radius 2 is 2.00 bits per heavy atom. The van der Waals surface area contributed by atoms with Gasteiger partial charge in [0, 0.05) is 56.5 Å². The molecule has 3 amide bonds. The van der Waals surface area contributed by atoms with Gasteiger partial charge in [0.1, 0.15) is 6.33 Å². The van der Waals surface area contributed by atoms with Crippen LogP contribution in [0.3, 0.4) is 0 Å². The Hall–Kier alpha value is -2.18. The van der Waals surface area contributed by atoms with Crippen molar-refractivity contribution in [2.24, 2.45) is 0 Å². The molecule has 3 rings (SSSR count). The number of carbonyl (C=O) groups is 2. The molecule has 2 aliphatic heterocycles. The summed E-state index contributed by atoms with van der Waals surface area (Å²) in [6.07, 6.45) is 7.59.